The Bertz CT molecular complexity index is 295. The summed E-state index contributed by atoms with van der Waals surface area (Å²) in [6, 6.07) is 0. The average Bonchev–Trinajstić information content (AvgIpc) is 2.23. The Labute approximate surface area is 134 Å². The zero-order valence-corrected chi connectivity index (χ0v) is 16.7. The number of ether oxygens (including phenoxy) is 2. The summed E-state index contributed by atoms with van der Waals surface area (Å²) < 4.78 is 11.5. The molecule has 2 N–H and O–H groups in total. The van der Waals surface area contributed by atoms with E-state index in [1.54, 1.807) is 6.92 Å². The average molecular weight is 340 g/mol. The highest BCUT2D eigenvalue weighted by molar-refractivity contribution is 7.18. The van der Waals surface area contributed by atoms with Gasteiger partial charge in [0, 0.05) is 12.1 Å². The van der Waals surface area contributed by atoms with Crippen LogP contribution in [-0.4, -0.2) is 51.7 Å². The Kier molecular flexibility index (Phi) is 8.81. The van der Waals surface area contributed by atoms with Crippen LogP contribution in [0.15, 0.2) is 0 Å². The van der Waals surface area contributed by atoms with Crippen molar-refractivity contribution in [2.24, 2.45) is 0 Å². The topological polar surface area (TPSA) is 58.9 Å². The maximum absolute atomic E-state index is 10.1. The summed E-state index contributed by atoms with van der Waals surface area (Å²) in [6.45, 7) is 12.4. The van der Waals surface area contributed by atoms with E-state index in [2.05, 4.69) is 18.5 Å². The van der Waals surface area contributed by atoms with Gasteiger partial charge in [0.1, 0.15) is 0 Å². The molecule has 6 heteroatoms. The zero-order valence-electron chi connectivity index (χ0n) is 14.3. The van der Waals surface area contributed by atoms with Gasteiger partial charge in [0.2, 0.25) is 0 Å². The Morgan fingerprint density at radius 1 is 1.05 bits per heavy atom. The minimum Gasteiger partial charge on any atom is -0.391 e. The predicted molar refractivity (Wildman–Crippen MR) is 94.8 cm³/mol. The molecule has 5 atom stereocenters. The first-order valence-corrected chi connectivity index (χ1v) is 8.70. The fourth-order valence-corrected chi connectivity index (χ4v) is 2.15. The van der Waals surface area contributed by atoms with Gasteiger partial charge in [-0.25, -0.2) is 0 Å². The summed E-state index contributed by atoms with van der Waals surface area (Å²) in [7, 11) is 5.14. The molecule has 0 rings (SSSR count). The maximum atomic E-state index is 10.1. The van der Waals surface area contributed by atoms with Crippen molar-refractivity contribution in [3.63, 3.8) is 0 Å². The van der Waals surface area contributed by atoms with E-state index >= 15 is 0 Å². The smallest absolute Gasteiger partial charge is 0.0780 e. The molecule has 5 unspecified atom stereocenters. The van der Waals surface area contributed by atoms with E-state index in [0.717, 1.165) is 0 Å². The van der Waals surface area contributed by atoms with Gasteiger partial charge in [0.05, 0.1) is 35.9 Å². The second-order valence-corrected chi connectivity index (χ2v) is 9.53. The molecule has 128 valence electrons. The van der Waals surface area contributed by atoms with Crippen LogP contribution in [0.4, 0.5) is 0 Å². The molecule has 0 saturated carbocycles. The van der Waals surface area contributed by atoms with Crippen LogP contribution in [0.5, 0.6) is 0 Å². The normalized spacial score (nSPS) is 19.1. The van der Waals surface area contributed by atoms with Crippen molar-refractivity contribution in [1.82, 2.24) is 0 Å². The molecule has 0 aliphatic heterocycles. The molecule has 0 aliphatic carbocycles. The molecule has 0 aromatic carbocycles. The van der Waals surface area contributed by atoms with Gasteiger partial charge in [0.25, 0.3) is 0 Å². The number of hydrogen-bond donors (Lipinski definition) is 2. The molecule has 0 bridgehead atoms. The summed E-state index contributed by atoms with van der Waals surface area (Å²) in [6.07, 6.45) is 0.624. The lowest BCUT2D eigenvalue weighted by molar-refractivity contribution is -0.0662. The first kappa shape index (κ1) is 21.7. The molecule has 0 aromatic rings. The molecule has 0 fully saturated rings. The van der Waals surface area contributed by atoms with Crippen molar-refractivity contribution >= 4 is 18.5 Å². The van der Waals surface area contributed by atoms with Gasteiger partial charge in [-0.15, -0.1) is 18.5 Å². The van der Waals surface area contributed by atoms with Gasteiger partial charge in [-0.1, -0.05) is 0 Å². The highest BCUT2D eigenvalue weighted by Gasteiger charge is 2.30. The van der Waals surface area contributed by atoms with Crippen LogP contribution >= 0.6 is 18.5 Å². The van der Waals surface area contributed by atoms with Crippen LogP contribution in [0.2, 0.25) is 0 Å². The third-order valence-electron chi connectivity index (χ3n) is 3.21. The van der Waals surface area contributed by atoms with E-state index in [9.17, 15) is 10.2 Å². The molecule has 0 saturated heterocycles. The van der Waals surface area contributed by atoms with Crippen molar-refractivity contribution in [3.8, 4) is 0 Å². The van der Waals surface area contributed by atoms with Crippen LogP contribution in [0.1, 0.15) is 54.4 Å². The number of aliphatic hydroxyl groups excluding tert-OH is 1. The van der Waals surface area contributed by atoms with Crippen molar-refractivity contribution in [1.29, 1.82) is 0 Å². The lowest BCUT2D eigenvalue weighted by Crippen LogP contribution is -2.39. The minimum absolute atomic E-state index is 0.102. The van der Waals surface area contributed by atoms with Crippen LogP contribution in [0.25, 0.3) is 0 Å². The first-order valence-electron chi connectivity index (χ1n) is 7.46. The van der Waals surface area contributed by atoms with Gasteiger partial charge in [0.15, 0.2) is 0 Å². The molecule has 0 spiro atoms. The Hall–Kier alpha value is 0.700. The van der Waals surface area contributed by atoms with E-state index in [1.807, 2.05) is 34.6 Å². The highest BCUT2D eigenvalue weighted by Crippen LogP contribution is 2.28. The monoisotopic (exact) mass is 340 g/mol. The van der Waals surface area contributed by atoms with Gasteiger partial charge in [-0.2, -0.15) is 0 Å². The van der Waals surface area contributed by atoms with Gasteiger partial charge < -0.3 is 19.7 Å². The highest BCUT2D eigenvalue weighted by atomic mass is 31.0. The largest absolute Gasteiger partial charge is 0.391 e. The summed E-state index contributed by atoms with van der Waals surface area (Å²) in [4.78, 5) is 0. The second-order valence-electron chi connectivity index (χ2n) is 7.48. The van der Waals surface area contributed by atoms with E-state index in [4.69, 9.17) is 9.47 Å². The fraction of sp³-hybridized carbons (Fsp3) is 1.00. The van der Waals surface area contributed by atoms with Crippen molar-refractivity contribution < 1.29 is 19.7 Å². The molecule has 21 heavy (non-hydrogen) atoms. The molecule has 0 amide bonds. The Balaban J connectivity index is 4.19. The van der Waals surface area contributed by atoms with Crippen LogP contribution in [-0.2, 0) is 9.47 Å². The van der Waals surface area contributed by atoms with Crippen molar-refractivity contribution in [3.05, 3.63) is 0 Å². The number of hydrogen-bond acceptors (Lipinski definition) is 4. The van der Waals surface area contributed by atoms with E-state index in [0.29, 0.717) is 26.1 Å². The van der Waals surface area contributed by atoms with Gasteiger partial charge in [-0.05, 0) is 48.0 Å². The Morgan fingerprint density at radius 3 is 2.00 bits per heavy atom. The lowest BCUT2D eigenvalue weighted by atomic mass is 9.99. The number of rotatable bonds is 9. The third-order valence-corrected chi connectivity index (χ3v) is 4.57. The van der Waals surface area contributed by atoms with E-state index in [1.165, 1.54) is 0 Å². The molecule has 0 heterocycles. The Morgan fingerprint density at radius 2 is 1.57 bits per heavy atom. The second kappa shape index (κ2) is 8.52. The summed E-state index contributed by atoms with van der Waals surface area (Å²) >= 11 is 0. The molecule has 0 aromatic heterocycles. The predicted octanol–water partition coefficient (Wildman–Crippen LogP) is 2.57. The van der Waals surface area contributed by atoms with Crippen LogP contribution in [0.3, 0.4) is 0 Å². The lowest BCUT2D eigenvalue weighted by Gasteiger charge is -2.34. The summed E-state index contributed by atoms with van der Waals surface area (Å²) in [5.74, 6) is 0. The third kappa shape index (κ3) is 11.9. The van der Waals surface area contributed by atoms with Crippen LogP contribution in [0, 0.1) is 0 Å². The van der Waals surface area contributed by atoms with Crippen LogP contribution < -0.4 is 0 Å². The molecular weight excluding hydrogens is 306 g/mol. The summed E-state index contributed by atoms with van der Waals surface area (Å²) in [5, 5.41) is 18.9. The van der Waals surface area contributed by atoms with Gasteiger partial charge >= 0.3 is 0 Å². The molecule has 0 aliphatic rings. The summed E-state index contributed by atoms with van der Waals surface area (Å²) in [5.41, 5.74) is -0.526. The van der Waals surface area contributed by atoms with E-state index < -0.39 is 11.4 Å². The molecular formula is C15H34O4P2. The zero-order chi connectivity index (χ0) is 16.9. The fourth-order valence-electron chi connectivity index (χ4n) is 1.62. The maximum Gasteiger partial charge on any atom is 0.0780 e. The quantitative estimate of drug-likeness (QED) is 0.634. The minimum atomic E-state index is -0.799. The molecule has 4 nitrogen and oxygen atoms in total. The van der Waals surface area contributed by atoms with E-state index in [-0.39, 0.29) is 16.9 Å². The first-order chi connectivity index (χ1) is 9.23. The van der Waals surface area contributed by atoms with Gasteiger partial charge in [-0.3, -0.25) is 0 Å². The SMILES string of the molecule is CC(O)(P)CCOC(C)(C)C(P)CC(O)COC(C)(C)C. The van der Waals surface area contributed by atoms with Crippen molar-refractivity contribution in [2.75, 3.05) is 13.2 Å². The van der Waals surface area contributed by atoms with Crippen molar-refractivity contribution in [2.45, 2.75) is 82.7 Å². The molecule has 0 radical (unpaired) electrons. The standard InChI is InChI=1S/C15H34O4P2/c1-13(2,3)19-10-11(16)9-12(20)14(4,5)18-8-7-15(6,17)21/h11-12,16-17H,7-10,20-21H2,1-6H3. The number of aliphatic hydroxyl groups is 2.